The van der Waals surface area contributed by atoms with Crippen LogP contribution >= 0.6 is 0 Å². The third-order valence-corrected chi connectivity index (χ3v) is 3.62. The van der Waals surface area contributed by atoms with E-state index in [2.05, 4.69) is 10.1 Å². The highest BCUT2D eigenvalue weighted by Gasteiger charge is 2.27. The molecule has 0 spiro atoms. The van der Waals surface area contributed by atoms with Crippen molar-refractivity contribution in [3.63, 3.8) is 0 Å². The van der Waals surface area contributed by atoms with E-state index in [9.17, 15) is 28.5 Å². The van der Waals surface area contributed by atoms with E-state index >= 15 is 0 Å². The zero-order valence-electron chi connectivity index (χ0n) is 15.7. The van der Waals surface area contributed by atoms with Crippen LogP contribution in [-0.4, -0.2) is 44.2 Å². The number of nitrogens with one attached hydrogen (secondary N) is 1. The fourth-order valence-electron chi connectivity index (χ4n) is 2.29. The van der Waals surface area contributed by atoms with Crippen LogP contribution in [0.5, 0.6) is 17.2 Å². The topological polar surface area (TPSA) is 126 Å². The van der Waals surface area contributed by atoms with E-state index in [1.165, 1.54) is 7.11 Å². The van der Waals surface area contributed by atoms with E-state index in [0.29, 0.717) is 17.5 Å². The predicted octanol–water partition coefficient (Wildman–Crippen LogP) is 3.01. The number of esters is 1. The maximum atomic E-state index is 12.5. The summed E-state index contributed by atoms with van der Waals surface area (Å²) >= 11 is 0. The molecule has 0 unspecified atom stereocenters. The Balaban J connectivity index is 2.12. The molecule has 0 bridgehead atoms. The number of rotatable bonds is 9. The first-order valence-corrected chi connectivity index (χ1v) is 8.17. The minimum Gasteiger partial charge on any atom is -0.497 e. The molecule has 0 atom stereocenters. The van der Waals surface area contributed by atoms with Crippen LogP contribution in [0.15, 0.2) is 36.4 Å². The molecule has 0 radical (unpaired) electrons. The molecule has 0 saturated carbocycles. The second-order valence-electron chi connectivity index (χ2n) is 5.51. The summed E-state index contributed by atoms with van der Waals surface area (Å²) in [5, 5.41) is 13.7. The van der Waals surface area contributed by atoms with E-state index in [0.717, 1.165) is 13.2 Å². The molecule has 0 aliphatic heterocycles. The van der Waals surface area contributed by atoms with Crippen molar-refractivity contribution in [3.05, 3.63) is 52.1 Å². The Morgan fingerprint density at radius 1 is 1.10 bits per heavy atom. The van der Waals surface area contributed by atoms with Crippen LogP contribution in [0, 0.1) is 10.1 Å². The minimum absolute atomic E-state index is 0.351. The van der Waals surface area contributed by atoms with Gasteiger partial charge in [-0.25, -0.2) is 4.79 Å². The standard InChI is InChI=1S/C18H16F2N2O8/c1-27-11-5-3-10(4-6-11)21-16(23)9-29-17(24)12-7-14(28-2)15(30-18(19)20)8-13(12)22(25)26/h3-8,18H,9H2,1-2H3,(H,21,23). The first-order chi connectivity index (χ1) is 14.2. The molecule has 0 aromatic heterocycles. The smallest absolute Gasteiger partial charge is 0.387 e. The third kappa shape index (κ3) is 5.77. The summed E-state index contributed by atoms with van der Waals surface area (Å²) in [6, 6.07) is 7.73. The average molecular weight is 426 g/mol. The number of alkyl halides is 2. The van der Waals surface area contributed by atoms with Crippen LogP contribution in [0.3, 0.4) is 0 Å². The van der Waals surface area contributed by atoms with Gasteiger partial charge in [-0.15, -0.1) is 0 Å². The van der Waals surface area contributed by atoms with Gasteiger partial charge in [-0.2, -0.15) is 8.78 Å². The Labute approximate surface area is 168 Å². The van der Waals surface area contributed by atoms with E-state index in [-0.39, 0.29) is 5.75 Å². The molecular formula is C18H16F2N2O8. The second kappa shape index (κ2) is 10.0. The Hall–Kier alpha value is -3.96. The molecular weight excluding hydrogens is 410 g/mol. The lowest BCUT2D eigenvalue weighted by molar-refractivity contribution is -0.385. The number of nitro groups is 1. The van der Waals surface area contributed by atoms with Crippen LogP contribution in [0.1, 0.15) is 10.4 Å². The molecule has 1 amide bonds. The number of anilines is 1. The fraction of sp³-hybridized carbons (Fsp3) is 0.222. The zero-order chi connectivity index (χ0) is 22.3. The van der Waals surface area contributed by atoms with Gasteiger partial charge < -0.3 is 24.3 Å². The summed E-state index contributed by atoms with van der Waals surface area (Å²) in [6.45, 7) is -4.02. The van der Waals surface area contributed by atoms with Gasteiger partial charge in [0.05, 0.1) is 25.2 Å². The van der Waals surface area contributed by atoms with Crippen molar-refractivity contribution in [2.75, 3.05) is 26.1 Å². The van der Waals surface area contributed by atoms with Gasteiger partial charge in [-0.05, 0) is 24.3 Å². The van der Waals surface area contributed by atoms with Gasteiger partial charge in [-0.1, -0.05) is 0 Å². The summed E-state index contributed by atoms with van der Waals surface area (Å²) in [4.78, 5) is 34.4. The number of halogens is 2. The third-order valence-electron chi connectivity index (χ3n) is 3.62. The number of benzene rings is 2. The Kier molecular flexibility index (Phi) is 7.44. The van der Waals surface area contributed by atoms with Crippen molar-refractivity contribution in [1.82, 2.24) is 0 Å². The number of hydrogen-bond acceptors (Lipinski definition) is 8. The van der Waals surface area contributed by atoms with Gasteiger partial charge in [0.25, 0.3) is 11.6 Å². The molecule has 2 rings (SSSR count). The highest BCUT2D eigenvalue weighted by molar-refractivity contribution is 5.98. The monoisotopic (exact) mass is 426 g/mol. The van der Waals surface area contributed by atoms with Gasteiger partial charge in [0.2, 0.25) is 0 Å². The van der Waals surface area contributed by atoms with Gasteiger partial charge in [-0.3, -0.25) is 14.9 Å². The van der Waals surface area contributed by atoms with Gasteiger partial charge in [0, 0.05) is 11.8 Å². The largest absolute Gasteiger partial charge is 0.497 e. The van der Waals surface area contributed by atoms with Crippen LogP contribution in [0.4, 0.5) is 20.2 Å². The number of carbonyl (C=O) groups excluding carboxylic acids is 2. The summed E-state index contributed by atoms with van der Waals surface area (Å²) in [6.07, 6.45) is 0. The Morgan fingerprint density at radius 2 is 1.77 bits per heavy atom. The van der Waals surface area contributed by atoms with Crippen LogP contribution in [0.25, 0.3) is 0 Å². The quantitative estimate of drug-likeness (QED) is 0.368. The Morgan fingerprint density at radius 3 is 2.30 bits per heavy atom. The molecule has 0 aliphatic rings. The lowest BCUT2D eigenvalue weighted by Gasteiger charge is -2.12. The average Bonchev–Trinajstić information content (AvgIpc) is 2.71. The molecule has 0 fully saturated rings. The SMILES string of the molecule is COc1ccc(NC(=O)COC(=O)c2cc(OC)c(OC(F)F)cc2[N+](=O)[O-])cc1. The van der Waals surface area contributed by atoms with Gasteiger partial charge in [0.1, 0.15) is 11.3 Å². The molecule has 12 heteroatoms. The van der Waals surface area contributed by atoms with E-state index < -0.39 is 47.0 Å². The number of nitro benzene ring substituents is 1. The first-order valence-electron chi connectivity index (χ1n) is 8.17. The predicted molar refractivity (Wildman–Crippen MR) is 98.2 cm³/mol. The Bertz CT molecular complexity index is 935. The normalized spacial score (nSPS) is 10.3. The molecule has 30 heavy (non-hydrogen) atoms. The number of carbonyl (C=O) groups is 2. The van der Waals surface area contributed by atoms with E-state index in [1.54, 1.807) is 24.3 Å². The van der Waals surface area contributed by atoms with Crippen molar-refractivity contribution in [2.24, 2.45) is 0 Å². The number of amides is 1. The maximum absolute atomic E-state index is 12.5. The molecule has 0 heterocycles. The van der Waals surface area contributed by atoms with Crippen molar-refractivity contribution < 1.29 is 42.2 Å². The number of hydrogen-bond donors (Lipinski definition) is 1. The molecule has 0 aliphatic carbocycles. The lowest BCUT2D eigenvalue weighted by Crippen LogP contribution is -2.21. The summed E-state index contributed by atoms with van der Waals surface area (Å²) in [5.74, 6) is -2.35. The van der Waals surface area contributed by atoms with Crippen molar-refractivity contribution in [3.8, 4) is 17.2 Å². The summed E-state index contributed by atoms with van der Waals surface area (Å²) in [5.41, 5.74) is -1.05. The van der Waals surface area contributed by atoms with Crippen LogP contribution < -0.4 is 19.5 Å². The number of methoxy groups -OCH3 is 2. The molecule has 10 nitrogen and oxygen atoms in total. The zero-order valence-corrected chi connectivity index (χ0v) is 15.7. The van der Waals surface area contributed by atoms with Gasteiger partial charge in [0.15, 0.2) is 18.1 Å². The molecule has 2 aromatic carbocycles. The van der Waals surface area contributed by atoms with Crippen molar-refractivity contribution in [2.45, 2.75) is 6.61 Å². The molecule has 0 saturated heterocycles. The highest BCUT2D eigenvalue weighted by Crippen LogP contribution is 2.36. The van der Waals surface area contributed by atoms with Gasteiger partial charge >= 0.3 is 12.6 Å². The maximum Gasteiger partial charge on any atom is 0.387 e. The van der Waals surface area contributed by atoms with E-state index in [1.807, 2.05) is 0 Å². The molecule has 1 N–H and O–H groups in total. The fourth-order valence-corrected chi connectivity index (χ4v) is 2.29. The van der Waals surface area contributed by atoms with Crippen LogP contribution in [0.2, 0.25) is 0 Å². The number of nitrogens with zero attached hydrogens (tertiary/aromatic N) is 1. The minimum atomic E-state index is -3.27. The number of ether oxygens (including phenoxy) is 4. The highest BCUT2D eigenvalue weighted by atomic mass is 19.3. The first kappa shape index (κ1) is 22.3. The van der Waals surface area contributed by atoms with Crippen molar-refractivity contribution >= 4 is 23.3 Å². The summed E-state index contributed by atoms with van der Waals surface area (Å²) in [7, 11) is 2.57. The van der Waals surface area contributed by atoms with Crippen molar-refractivity contribution in [1.29, 1.82) is 0 Å². The van der Waals surface area contributed by atoms with Crippen LogP contribution in [-0.2, 0) is 9.53 Å². The molecule has 2 aromatic rings. The lowest BCUT2D eigenvalue weighted by atomic mass is 10.1. The second-order valence-corrected chi connectivity index (χ2v) is 5.51. The molecule has 160 valence electrons. The summed E-state index contributed by atoms with van der Waals surface area (Å²) < 4.78 is 43.7. The van der Waals surface area contributed by atoms with E-state index in [4.69, 9.17) is 14.2 Å².